The number of likely N-dealkylation sites (N-methyl/N-ethyl adjacent to an activating group) is 1. The number of para-hydroxylation sites is 1. The summed E-state index contributed by atoms with van der Waals surface area (Å²) < 4.78 is 5.64. The van der Waals surface area contributed by atoms with E-state index in [4.69, 9.17) is 16.3 Å². The molecule has 2 aromatic carbocycles. The zero-order valence-corrected chi connectivity index (χ0v) is 15.9. The van der Waals surface area contributed by atoms with E-state index in [1.54, 1.807) is 24.1 Å². The monoisotopic (exact) mass is 360 g/mol. The number of ether oxygens (including phenoxy) is 1. The molecule has 0 radical (unpaired) electrons. The fraction of sp³-hybridized carbons (Fsp3) is 0.350. The highest BCUT2D eigenvalue weighted by molar-refractivity contribution is 6.30. The number of hydrogen-bond acceptors (Lipinski definition) is 2. The van der Waals surface area contributed by atoms with Gasteiger partial charge in [0.2, 0.25) is 0 Å². The number of rotatable bonds is 6. The van der Waals surface area contributed by atoms with Crippen LogP contribution in [0.3, 0.4) is 0 Å². The van der Waals surface area contributed by atoms with Gasteiger partial charge < -0.3 is 15.0 Å². The van der Waals surface area contributed by atoms with Crippen LogP contribution in [0, 0.1) is 6.92 Å². The minimum Gasteiger partial charge on any atom is -0.492 e. The van der Waals surface area contributed by atoms with Gasteiger partial charge in [-0.05, 0) is 48.2 Å². The summed E-state index contributed by atoms with van der Waals surface area (Å²) in [7, 11) is 1.76. The lowest BCUT2D eigenvalue weighted by Gasteiger charge is -2.21. The molecule has 2 amide bonds. The molecule has 0 atom stereocenters. The molecule has 134 valence electrons. The number of carbonyl (C=O) groups is 1. The average Bonchev–Trinajstić information content (AvgIpc) is 2.58. The van der Waals surface area contributed by atoms with Gasteiger partial charge >= 0.3 is 6.03 Å². The lowest BCUT2D eigenvalue weighted by Crippen LogP contribution is -2.35. The smallest absolute Gasteiger partial charge is 0.321 e. The minimum atomic E-state index is -0.143. The van der Waals surface area contributed by atoms with Gasteiger partial charge in [0.15, 0.2) is 0 Å². The van der Waals surface area contributed by atoms with E-state index >= 15 is 0 Å². The zero-order valence-electron chi connectivity index (χ0n) is 15.2. The van der Waals surface area contributed by atoms with Crippen LogP contribution in [-0.2, 0) is 0 Å². The van der Waals surface area contributed by atoms with Crippen LogP contribution >= 0.6 is 11.6 Å². The number of nitrogens with one attached hydrogen (secondary N) is 1. The van der Waals surface area contributed by atoms with E-state index in [9.17, 15) is 4.79 Å². The van der Waals surface area contributed by atoms with Crippen LogP contribution in [-0.4, -0.2) is 31.1 Å². The number of benzene rings is 2. The highest BCUT2D eigenvalue weighted by atomic mass is 35.5. The standard InChI is InChI=1S/C20H25ClN2O2/c1-14(2)18-7-5-6-15(3)19(18)22-20(24)23(4)12-13-25-17-10-8-16(21)9-11-17/h5-11,14H,12-13H2,1-4H3,(H,22,24). The molecule has 0 heterocycles. The van der Waals surface area contributed by atoms with E-state index in [0.29, 0.717) is 24.1 Å². The van der Waals surface area contributed by atoms with Crippen LogP contribution in [0.4, 0.5) is 10.5 Å². The summed E-state index contributed by atoms with van der Waals surface area (Å²) in [5.74, 6) is 1.08. The van der Waals surface area contributed by atoms with Crippen molar-refractivity contribution >= 4 is 23.3 Å². The SMILES string of the molecule is Cc1cccc(C(C)C)c1NC(=O)N(C)CCOc1ccc(Cl)cc1. The number of halogens is 1. The molecule has 1 N–H and O–H groups in total. The molecule has 0 fully saturated rings. The maximum absolute atomic E-state index is 12.5. The summed E-state index contributed by atoms with van der Waals surface area (Å²) in [6.45, 7) is 7.14. The quantitative estimate of drug-likeness (QED) is 0.757. The normalized spacial score (nSPS) is 10.6. The third-order valence-electron chi connectivity index (χ3n) is 4.01. The molecule has 0 aliphatic heterocycles. The summed E-state index contributed by atoms with van der Waals surface area (Å²) in [5, 5.41) is 3.70. The van der Waals surface area contributed by atoms with Crippen molar-refractivity contribution < 1.29 is 9.53 Å². The van der Waals surface area contributed by atoms with Gasteiger partial charge in [0.25, 0.3) is 0 Å². The average molecular weight is 361 g/mol. The molecule has 2 rings (SSSR count). The molecule has 0 saturated heterocycles. The molecule has 5 heteroatoms. The molecule has 0 bridgehead atoms. The number of carbonyl (C=O) groups excluding carboxylic acids is 1. The Hall–Kier alpha value is -2.20. The van der Waals surface area contributed by atoms with Gasteiger partial charge in [0.1, 0.15) is 12.4 Å². The molecular formula is C20H25ClN2O2. The molecule has 4 nitrogen and oxygen atoms in total. The van der Waals surface area contributed by atoms with Crippen LogP contribution in [0.1, 0.15) is 30.9 Å². The molecule has 0 aliphatic rings. The van der Waals surface area contributed by atoms with Gasteiger partial charge in [-0.15, -0.1) is 0 Å². The summed E-state index contributed by atoms with van der Waals surface area (Å²) in [6.07, 6.45) is 0. The largest absolute Gasteiger partial charge is 0.492 e. The van der Waals surface area contributed by atoms with E-state index in [-0.39, 0.29) is 6.03 Å². The second kappa shape index (κ2) is 8.77. The number of amides is 2. The number of aryl methyl sites for hydroxylation is 1. The fourth-order valence-electron chi connectivity index (χ4n) is 2.48. The Morgan fingerprint density at radius 3 is 2.52 bits per heavy atom. The Bertz CT molecular complexity index is 714. The Balaban J connectivity index is 1.91. The van der Waals surface area contributed by atoms with Crippen molar-refractivity contribution in [2.75, 3.05) is 25.5 Å². The maximum atomic E-state index is 12.5. The molecule has 0 aromatic heterocycles. The third kappa shape index (κ3) is 5.40. The second-order valence-corrected chi connectivity index (χ2v) is 6.78. The number of anilines is 1. The Kier molecular flexibility index (Phi) is 6.71. The van der Waals surface area contributed by atoms with Crippen molar-refractivity contribution in [1.29, 1.82) is 0 Å². The van der Waals surface area contributed by atoms with Crippen molar-refractivity contribution in [3.8, 4) is 5.75 Å². The van der Waals surface area contributed by atoms with Gasteiger partial charge in [0.05, 0.1) is 6.54 Å². The zero-order chi connectivity index (χ0) is 18.4. The second-order valence-electron chi connectivity index (χ2n) is 6.35. The van der Waals surface area contributed by atoms with Crippen LogP contribution in [0.15, 0.2) is 42.5 Å². The van der Waals surface area contributed by atoms with E-state index in [1.807, 2.05) is 31.2 Å². The van der Waals surface area contributed by atoms with Crippen molar-refractivity contribution in [2.24, 2.45) is 0 Å². The fourth-order valence-corrected chi connectivity index (χ4v) is 2.60. The van der Waals surface area contributed by atoms with E-state index < -0.39 is 0 Å². The molecule has 25 heavy (non-hydrogen) atoms. The minimum absolute atomic E-state index is 0.143. The first-order valence-electron chi connectivity index (χ1n) is 8.38. The molecular weight excluding hydrogens is 336 g/mol. The van der Waals surface area contributed by atoms with E-state index in [2.05, 4.69) is 25.2 Å². The van der Waals surface area contributed by atoms with Gasteiger partial charge in [-0.25, -0.2) is 4.79 Å². The number of urea groups is 1. The van der Waals surface area contributed by atoms with E-state index in [1.165, 1.54) is 0 Å². The van der Waals surface area contributed by atoms with Crippen molar-refractivity contribution in [2.45, 2.75) is 26.7 Å². The lowest BCUT2D eigenvalue weighted by molar-refractivity contribution is 0.207. The summed E-state index contributed by atoms with van der Waals surface area (Å²) in [4.78, 5) is 14.1. The Morgan fingerprint density at radius 2 is 1.88 bits per heavy atom. The number of nitrogens with zero attached hydrogens (tertiary/aromatic N) is 1. The highest BCUT2D eigenvalue weighted by Crippen LogP contribution is 2.27. The maximum Gasteiger partial charge on any atom is 0.321 e. The summed E-state index contributed by atoms with van der Waals surface area (Å²) >= 11 is 5.85. The first-order chi connectivity index (χ1) is 11.9. The molecule has 0 unspecified atom stereocenters. The van der Waals surface area contributed by atoms with Gasteiger partial charge in [0, 0.05) is 17.8 Å². The van der Waals surface area contributed by atoms with Crippen LogP contribution in [0.5, 0.6) is 5.75 Å². The molecule has 0 spiro atoms. The van der Waals surface area contributed by atoms with Crippen molar-refractivity contribution in [1.82, 2.24) is 4.90 Å². The molecule has 2 aromatic rings. The predicted octanol–water partition coefficient (Wildman–Crippen LogP) is 5.31. The van der Waals surface area contributed by atoms with Crippen molar-refractivity contribution in [3.63, 3.8) is 0 Å². The predicted molar refractivity (Wildman–Crippen MR) is 104 cm³/mol. The first kappa shape index (κ1) is 19.1. The molecule has 0 saturated carbocycles. The van der Waals surface area contributed by atoms with Crippen LogP contribution < -0.4 is 10.1 Å². The Labute approximate surface area is 154 Å². The van der Waals surface area contributed by atoms with Gasteiger partial charge in [-0.1, -0.05) is 43.6 Å². The van der Waals surface area contributed by atoms with Crippen LogP contribution in [0.2, 0.25) is 5.02 Å². The summed E-state index contributed by atoms with van der Waals surface area (Å²) in [6, 6.07) is 13.1. The first-order valence-corrected chi connectivity index (χ1v) is 8.76. The highest BCUT2D eigenvalue weighted by Gasteiger charge is 2.14. The van der Waals surface area contributed by atoms with Crippen LogP contribution in [0.25, 0.3) is 0 Å². The van der Waals surface area contributed by atoms with E-state index in [0.717, 1.165) is 22.6 Å². The number of hydrogen-bond donors (Lipinski definition) is 1. The molecule has 0 aliphatic carbocycles. The van der Waals surface area contributed by atoms with Gasteiger partial charge in [-0.3, -0.25) is 0 Å². The van der Waals surface area contributed by atoms with Gasteiger partial charge in [-0.2, -0.15) is 0 Å². The third-order valence-corrected chi connectivity index (χ3v) is 4.27. The Morgan fingerprint density at radius 1 is 1.20 bits per heavy atom. The lowest BCUT2D eigenvalue weighted by atomic mass is 9.98. The summed E-state index contributed by atoms with van der Waals surface area (Å²) in [5.41, 5.74) is 3.09. The van der Waals surface area contributed by atoms with Crippen molar-refractivity contribution in [3.05, 3.63) is 58.6 Å². The topological polar surface area (TPSA) is 41.6 Å².